The third-order valence-corrected chi connectivity index (χ3v) is 2.24. The highest BCUT2D eigenvalue weighted by molar-refractivity contribution is 5.80. The summed E-state index contributed by atoms with van der Waals surface area (Å²) in [5, 5.41) is 0.421. The molecule has 0 aliphatic carbocycles. The number of alkyl halides is 3. The Morgan fingerprint density at radius 2 is 2.00 bits per heavy atom. The smallest absolute Gasteiger partial charge is 0.325 e. The maximum Gasteiger partial charge on any atom is 0.432 e. The van der Waals surface area contributed by atoms with E-state index in [0.717, 1.165) is 4.57 Å². The van der Waals surface area contributed by atoms with Crippen molar-refractivity contribution < 1.29 is 13.2 Å². The Balaban J connectivity index is 2.74. The zero-order valence-electron chi connectivity index (χ0n) is 8.17. The molecule has 1 aromatic carbocycles. The van der Waals surface area contributed by atoms with Crippen LogP contribution in [0.5, 0.6) is 0 Å². The van der Waals surface area contributed by atoms with Crippen LogP contribution in [0.2, 0.25) is 0 Å². The lowest BCUT2D eigenvalue weighted by atomic mass is 10.2. The van der Waals surface area contributed by atoms with Gasteiger partial charge in [0.25, 0.3) is 0 Å². The van der Waals surface area contributed by atoms with E-state index in [0.29, 0.717) is 10.9 Å². The van der Waals surface area contributed by atoms with Crippen LogP contribution in [-0.4, -0.2) is 4.57 Å². The summed E-state index contributed by atoms with van der Waals surface area (Å²) < 4.78 is 39.1. The zero-order valence-corrected chi connectivity index (χ0v) is 8.17. The van der Waals surface area contributed by atoms with Crippen molar-refractivity contribution in [3.05, 3.63) is 36.0 Å². The van der Waals surface area contributed by atoms with Gasteiger partial charge in [-0.05, 0) is 6.07 Å². The summed E-state index contributed by atoms with van der Waals surface area (Å²) in [5.41, 5.74) is -0.376. The van der Waals surface area contributed by atoms with Crippen molar-refractivity contribution in [2.75, 3.05) is 0 Å². The largest absolute Gasteiger partial charge is 0.432 e. The van der Waals surface area contributed by atoms with Crippen molar-refractivity contribution in [1.29, 1.82) is 0 Å². The van der Waals surface area contributed by atoms with Gasteiger partial charge < -0.3 is 4.57 Å². The van der Waals surface area contributed by atoms with Gasteiger partial charge in [-0.3, -0.25) is 0 Å². The van der Waals surface area contributed by atoms with Crippen LogP contribution in [0.15, 0.2) is 24.3 Å². The summed E-state index contributed by atoms with van der Waals surface area (Å²) in [6.45, 7) is -0.112. The van der Waals surface area contributed by atoms with E-state index in [2.05, 4.69) is 12.0 Å². The summed E-state index contributed by atoms with van der Waals surface area (Å²) in [4.78, 5) is 0. The maximum atomic E-state index is 12.7. The molecule has 0 amide bonds. The minimum absolute atomic E-state index is 0.112. The quantitative estimate of drug-likeness (QED) is 0.653. The summed E-state index contributed by atoms with van der Waals surface area (Å²) in [5.74, 6) is 2.22. The highest BCUT2D eigenvalue weighted by atomic mass is 19.4. The van der Waals surface area contributed by atoms with Gasteiger partial charge in [-0.25, -0.2) is 0 Å². The second-order valence-corrected chi connectivity index (χ2v) is 3.28. The Bertz CT molecular complexity index is 558. The molecule has 0 unspecified atom stereocenters. The molecule has 0 spiro atoms. The molecule has 2 aromatic rings. The topological polar surface area (TPSA) is 4.93 Å². The van der Waals surface area contributed by atoms with Crippen LogP contribution in [0.4, 0.5) is 13.2 Å². The number of nitrogens with zero attached hydrogens (tertiary/aromatic N) is 1. The lowest BCUT2D eigenvalue weighted by Crippen LogP contribution is -2.13. The molecule has 1 heterocycles. The highest BCUT2D eigenvalue weighted by Crippen LogP contribution is 2.33. The van der Waals surface area contributed by atoms with Crippen LogP contribution in [0, 0.1) is 18.4 Å². The first-order chi connectivity index (χ1) is 7.54. The molecule has 2 rings (SSSR count). The minimum atomic E-state index is -4.43. The fraction of sp³-hybridized carbons (Fsp3) is 0.167. The van der Waals surface area contributed by atoms with Crippen molar-refractivity contribution >= 4 is 10.9 Å². The number of para-hydroxylation sites is 1. The number of hydrogen-bond acceptors (Lipinski definition) is 0. The molecule has 0 fully saturated rings. The van der Waals surface area contributed by atoms with Gasteiger partial charge >= 0.3 is 6.18 Å². The molecule has 81 valence electrons. The number of rotatable bonds is 1. The summed E-state index contributed by atoms with van der Waals surface area (Å²) in [6, 6.07) is 8.84. The van der Waals surface area contributed by atoms with Gasteiger partial charge in [-0.15, -0.1) is 6.42 Å². The van der Waals surface area contributed by atoms with E-state index in [1.165, 1.54) is 0 Å². The van der Waals surface area contributed by atoms with E-state index in [-0.39, 0.29) is 6.54 Å². The Hall–Kier alpha value is -1.89. The van der Waals surface area contributed by atoms with Crippen LogP contribution >= 0.6 is 0 Å². The summed E-state index contributed by atoms with van der Waals surface area (Å²) in [7, 11) is 0. The molecule has 1 aromatic heterocycles. The normalized spacial score (nSPS) is 11.6. The van der Waals surface area contributed by atoms with Gasteiger partial charge in [0, 0.05) is 11.5 Å². The highest BCUT2D eigenvalue weighted by Gasteiger charge is 2.35. The third kappa shape index (κ3) is 1.65. The predicted molar refractivity (Wildman–Crippen MR) is 54.6 cm³/mol. The van der Waals surface area contributed by atoms with Crippen LogP contribution in [0.25, 0.3) is 10.9 Å². The molecule has 0 bridgehead atoms. The van der Waals surface area contributed by atoms with E-state index < -0.39 is 11.9 Å². The molecule has 0 aliphatic heterocycles. The van der Waals surface area contributed by atoms with Crippen LogP contribution in [0.3, 0.4) is 0 Å². The lowest BCUT2D eigenvalue weighted by molar-refractivity contribution is -0.143. The molecular formula is C12H7F3N. The van der Waals surface area contributed by atoms with Gasteiger partial charge in [0.1, 0.15) is 5.69 Å². The molecule has 0 saturated carbocycles. The average Bonchev–Trinajstić information content (AvgIpc) is 2.58. The van der Waals surface area contributed by atoms with Gasteiger partial charge in [-0.1, -0.05) is 24.1 Å². The van der Waals surface area contributed by atoms with Gasteiger partial charge in [0.2, 0.25) is 0 Å². The van der Waals surface area contributed by atoms with Crippen molar-refractivity contribution in [3.63, 3.8) is 0 Å². The number of hydrogen-bond donors (Lipinski definition) is 0. The van der Waals surface area contributed by atoms with Crippen molar-refractivity contribution in [2.45, 2.75) is 12.7 Å². The molecule has 1 nitrogen and oxygen atoms in total. The SMILES string of the molecule is C#CCn1c(C(F)(F)F)[c]c2ccccc21. The van der Waals surface area contributed by atoms with E-state index >= 15 is 0 Å². The number of terminal acetylenes is 1. The van der Waals surface area contributed by atoms with E-state index in [1.807, 2.05) is 0 Å². The number of halogens is 3. The third-order valence-electron chi connectivity index (χ3n) is 2.24. The van der Waals surface area contributed by atoms with Gasteiger partial charge in [0.15, 0.2) is 0 Å². The summed E-state index contributed by atoms with van der Waals surface area (Å²) in [6.07, 6.45) is 0.636. The van der Waals surface area contributed by atoms with Gasteiger partial charge in [0.05, 0.1) is 12.1 Å². The first-order valence-corrected chi connectivity index (χ1v) is 4.55. The summed E-state index contributed by atoms with van der Waals surface area (Å²) >= 11 is 0. The van der Waals surface area contributed by atoms with Crippen LogP contribution < -0.4 is 0 Å². The number of aromatic nitrogens is 1. The molecule has 0 aliphatic rings. The van der Waals surface area contributed by atoms with Crippen LogP contribution in [0.1, 0.15) is 5.69 Å². The Morgan fingerprint density at radius 3 is 2.62 bits per heavy atom. The molecule has 0 atom stereocenters. The Morgan fingerprint density at radius 1 is 1.31 bits per heavy atom. The van der Waals surface area contributed by atoms with Crippen LogP contribution in [-0.2, 0) is 12.7 Å². The zero-order chi connectivity index (χ0) is 11.8. The van der Waals surface area contributed by atoms with Crippen molar-refractivity contribution in [2.24, 2.45) is 0 Å². The fourth-order valence-electron chi connectivity index (χ4n) is 1.61. The minimum Gasteiger partial charge on any atom is -0.325 e. The molecule has 1 radical (unpaired) electrons. The Kier molecular flexibility index (Phi) is 2.39. The lowest BCUT2D eigenvalue weighted by Gasteiger charge is -2.09. The Labute approximate surface area is 90.5 Å². The van der Waals surface area contributed by atoms with E-state index in [9.17, 15) is 13.2 Å². The fourth-order valence-corrected chi connectivity index (χ4v) is 1.61. The van der Waals surface area contributed by atoms with Gasteiger partial charge in [-0.2, -0.15) is 13.2 Å². The second kappa shape index (κ2) is 3.60. The molecule has 4 heteroatoms. The predicted octanol–water partition coefficient (Wildman–Crippen LogP) is 3.09. The number of benzene rings is 1. The van der Waals surface area contributed by atoms with E-state index in [4.69, 9.17) is 6.42 Å². The first-order valence-electron chi connectivity index (χ1n) is 4.55. The first kappa shape index (κ1) is 10.6. The average molecular weight is 222 g/mol. The standard InChI is InChI=1S/C12H7F3N/c1-2-7-16-10-6-4-3-5-9(10)8-11(16)12(13,14)15/h1,3-6H,7H2. The maximum absolute atomic E-state index is 12.7. The second-order valence-electron chi connectivity index (χ2n) is 3.28. The van der Waals surface area contributed by atoms with E-state index in [1.54, 1.807) is 24.3 Å². The monoisotopic (exact) mass is 222 g/mol. The number of fused-ring (bicyclic) bond motifs is 1. The van der Waals surface area contributed by atoms with Crippen molar-refractivity contribution in [3.8, 4) is 12.3 Å². The molecule has 0 N–H and O–H groups in total. The molecular weight excluding hydrogens is 215 g/mol. The molecule has 0 saturated heterocycles. The van der Waals surface area contributed by atoms with Crippen molar-refractivity contribution in [1.82, 2.24) is 4.57 Å². The molecule has 16 heavy (non-hydrogen) atoms.